The molecule has 3 aromatic rings. The van der Waals surface area contributed by atoms with E-state index in [2.05, 4.69) is 20.2 Å². The lowest BCUT2D eigenvalue weighted by molar-refractivity contribution is 0.0932. The average Bonchev–Trinajstić information content (AvgIpc) is 3.10. The van der Waals surface area contributed by atoms with Gasteiger partial charge in [0.1, 0.15) is 6.04 Å². The van der Waals surface area contributed by atoms with E-state index < -0.39 is 22.0 Å². The minimum Gasteiger partial charge on any atom is -0.341 e. The maximum atomic E-state index is 12.5. The summed E-state index contributed by atoms with van der Waals surface area (Å²) in [4.78, 5) is 16.4. The number of carbonyl (C=O) groups excluding carboxylic acids is 1. The fourth-order valence-electron chi connectivity index (χ4n) is 2.35. The van der Waals surface area contributed by atoms with Gasteiger partial charge in [-0.05, 0) is 62.4 Å². The van der Waals surface area contributed by atoms with Crippen LogP contribution < -0.4 is 10.0 Å². The van der Waals surface area contributed by atoms with Crippen LogP contribution in [0.3, 0.4) is 0 Å². The van der Waals surface area contributed by atoms with E-state index in [1.807, 2.05) is 0 Å². The summed E-state index contributed by atoms with van der Waals surface area (Å²) in [5.74, 6) is 0.369. The molecule has 1 atom stereocenters. The van der Waals surface area contributed by atoms with Crippen molar-refractivity contribution in [2.75, 3.05) is 4.72 Å². The largest absolute Gasteiger partial charge is 0.341 e. The molecule has 1 unspecified atom stereocenters. The van der Waals surface area contributed by atoms with Crippen LogP contribution >= 0.6 is 11.6 Å². The van der Waals surface area contributed by atoms with Crippen molar-refractivity contribution in [2.24, 2.45) is 0 Å². The van der Waals surface area contributed by atoms with Crippen molar-refractivity contribution in [3.8, 4) is 0 Å². The van der Waals surface area contributed by atoms with Crippen LogP contribution in [0.4, 0.5) is 5.69 Å². The van der Waals surface area contributed by atoms with Crippen molar-refractivity contribution in [2.45, 2.75) is 24.8 Å². The summed E-state index contributed by atoms with van der Waals surface area (Å²) in [5, 5.41) is 6.90. The predicted octanol–water partition coefficient (Wildman–Crippen LogP) is 3.32. The Labute approximate surface area is 167 Å². The number of aryl methyl sites for hydroxylation is 1. The van der Waals surface area contributed by atoms with E-state index in [1.165, 1.54) is 24.3 Å². The fourth-order valence-corrected chi connectivity index (χ4v) is 3.53. The molecule has 2 aromatic carbocycles. The Morgan fingerprint density at radius 2 is 1.75 bits per heavy atom. The van der Waals surface area contributed by atoms with E-state index in [4.69, 9.17) is 16.1 Å². The molecule has 10 heteroatoms. The number of sulfonamides is 1. The first-order chi connectivity index (χ1) is 13.2. The van der Waals surface area contributed by atoms with Crippen LogP contribution in [0, 0.1) is 6.92 Å². The molecule has 8 nitrogen and oxygen atoms in total. The monoisotopic (exact) mass is 420 g/mol. The Morgan fingerprint density at radius 3 is 2.32 bits per heavy atom. The van der Waals surface area contributed by atoms with Crippen LogP contribution in [0.5, 0.6) is 0 Å². The summed E-state index contributed by atoms with van der Waals surface area (Å²) in [6, 6.07) is 11.4. The van der Waals surface area contributed by atoms with Crippen LogP contribution in [0.2, 0.25) is 5.02 Å². The van der Waals surface area contributed by atoms with Gasteiger partial charge in [0.2, 0.25) is 5.89 Å². The summed E-state index contributed by atoms with van der Waals surface area (Å²) < 4.78 is 32.4. The Bertz CT molecular complexity index is 1080. The quantitative estimate of drug-likeness (QED) is 0.632. The molecule has 0 radical (unpaired) electrons. The molecule has 1 amide bonds. The number of carbonyl (C=O) groups is 1. The van der Waals surface area contributed by atoms with Gasteiger partial charge in [0.15, 0.2) is 5.82 Å². The molecule has 3 rings (SSSR count). The number of benzene rings is 2. The van der Waals surface area contributed by atoms with E-state index in [1.54, 1.807) is 38.1 Å². The average molecular weight is 421 g/mol. The number of halogens is 1. The van der Waals surface area contributed by atoms with Gasteiger partial charge in [0.05, 0.1) is 4.90 Å². The maximum Gasteiger partial charge on any atom is 0.261 e. The molecule has 1 aromatic heterocycles. The highest BCUT2D eigenvalue weighted by molar-refractivity contribution is 7.92. The smallest absolute Gasteiger partial charge is 0.261 e. The van der Waals surface area contributed by atoms with E-state index in [0.29, 0.717) is 22.1 Å². The molecule has 28 heavy (non-hydrogen) atoms. The van der Waals surface area contributed by atoms with Gasteiger partial charge < -0.3 is 9.84 Å². The van der Waals surface area contributed by atoms with Crippen molar-refractivity contribution >= 4 is 33.2 Å². The van der Waals surface area contributed by atoms with Crippen LogP contribution in [0.1, 0.15) is 35.0 Å². The molecule has 0 aliphatic heterocycles. The highest BCUT2D eigenvalue weighted by Crippen LogP contribution is 2.19. The zero-order valence-electron chi connectivity index (χ0n) is 15.0. The van der Waals surface area contributed by atoms with Crippen LogP contribution in [-0.4, -0.2) is 24.5 Å². The highest BCUT2D eigenvalue weighted by Gasteiger charge is 2.18. The summed E-state index contributed by atoms with van der Waals surface area (Å²) in [6.07, 6.45) is 0. The molecule has 0 saturated carbocycles. The van der Waals surface area contributed by atoms with E-state index >= 15 is 0 Å². The number of rotatable bonds is 6. The second-order valence-corrected chi connectivity index (χ2v) is 8.13. The van der Waals surface area contributed by atoms with Gasteiger partial charge in [-0.25, -0.2) is 8.42 Å². The summed E-state index contributed by atoms with van der Waals surface area (Å²) in [7, 11) is -3.79. The number of amides is 1. The maximum absolute atomic E-state index is 12.5. The highest BCUT2D eigenvalue weighted by atomic mass is 35.5. The number of hydrogen-bond donors (Lipinski definition) is 2. The molecule has 1 heterocycles. The topological polar surface area (TPSA) is 114 Å². The van der Waals surface area contributed by atoms with Gasteiger partial charge in [-0.15, -0.1) is 0 Å². The lowest BCUT2D eigenvalue weighted by atomic mass is 10.2. The molecule has 0 bridgehead atoms. The van der Waals surface area contributed by atoms with Crippen LogP contribution in [0.15, 0.2) is 57.9 Å². The van der Waals surface area contributed by atoms with Gasteiger partial charge in [-0.3, -0.25) is 9.52 Å². The number of anilines is 1. The third-order valence-electron chi connectivity index (χ3n) is 3.78. The third kappa shape index (κ3) is 4.68. The van der Waals surface area contributed by atoms with Gasteiger partial charge in [0.25, 0.3) is 15.9 Å². The SMILES string of the molecule is Cc1noc(C(C)NC(=O)c2ccc(S(=O)(=O)Nc3ccc(Cl)cc3)cc2)n1. The molecule has 0 aliphatic carbocycles. The van der Waals surface area contributed by atoms with Crippen LogP contribution in [0.25, 0.3) is 0 Å². The zero-order valence-corrected chi connectivity index (χ0v) is 16.6. The molecule has 2 N–H and O–H groups in total. The number of aromatic nitrogens is 2. The van der Waals surface area contributed by atoms with Gasteiger partial charge >= 0.3 is 0 Å². The molecule has 0 spiro atoms. The van der Waals surface area contributed by atoms with Crippen molar-refractivity contribution in [3.63, 3.8) is 0 Å². The number of nitrogens with zero attached hydrogens (tertiary/aromatic N) is 2. The first kappa shape index (κ1) is 19.8. The molecule has 0 aliphatic rings. The van der Waals surface area contributed by atoms with Gasteiger partial charge in [-0.1, -0.05) is 16.8 Å². The Kier molecular flexibility index (Phi) is 5.66. The van der Waals surface area contributed by atoms with E-state index in [-0.39, 0.29) is 10.8 Å². The number of nitrogens with one attached hydrogen (secondary N) is 2. The standard InChI is InChI=1S/C18H17ClN4O4S/c1-11(18-21-12(2)22-27-18)20-17(24)13-3-9-16(10-4-13)28(25,26)23-15-7-5-14(19)6-8-15/h3-11,23H,1-2H3,(H,20,24). The minimum atomic E-state index is -3.79. The Hall–Kier alpha value is -2.91. The minimum absolute atomic E-state index is 0.0274. The zero-order chi connectivity index (χ0) is 20.3. The summed E-state index contributed by atoms with van der Waals surface area (Å²) in [5.41, 5.74) is 0.684. The molecule has 0 fully saturated rings. The van der Waals surface area contributed by atoms with Crippen molar-refractivity contribution in [3.05, 3.63) is 70.8 Å². The van der Waals surface area contributed by atoms with Crippen molar-refractivity contribution in [1.82, 2.24) is 15.5 Å². The van der Waals surface area contributed by atoms with E-state index in [9.17, 15) is 13.2 Å². The molecule has 146 valence electrons. The second kappa shape index (κ2) is 7.99. The second-order valence-electron chi connectivity index (χ2n) is 6.01. The number of hydrogen-bond acceptors (Lipinski definition) is 6. The molecular formula is C18H17ClN4O4S. The molecule has 0 saturated heterocycles. The first-order valence-corrected chi connectivity index (χ1v) is 10.1. The van der Waals surface area contributed by atoms with Crippen molar-refractivity contribution < 1.29 is 17.7 Å². The summed E-state index contributed by atoms with van der Waals surface area (Å²) in [6.45, 7) is 3.39. The third-order valence-corrected chi connectivity index (χ3v) is 5.43. The Morgan fingerprint density at radius 1 is 1.11 bits per heavy atom. The van der Waals surface area contributed by atoms with Gasteiger partial charge in [0, 0.05) is 16.3 Å². The first-order valence-electron chi connectivity index (χ1n) is 8.24. The fraction of sp³-hybridized carbons (Fsp3) is 0.167. The van der Waals surface area contributed by atoms with E-state index in [0.717, 1.165) is 0 Å². The normalized spacial score (nSPS) is 12.4. The summed E-state index contributed by atoms with van der Waals surface area (Å²) >= 11 is 5.79. The lowest BCUT2D eigenvalue weighted by Crippen LogP contribution is -2.27. The lowest BCUT2D eigenvalue weighted by Gasteiger charge is -2.11. The predicted molar refractivity (Wildman–Crippen MR) is 104 cm³/mol. The Balaban J connectivity index is 1.69. The van der Waals surface area contributed by atoms with Crippen molar-refractivity contribution in [1.29, 1.82) is 0 Å². The van der Waals surface area contributed by atoms with Gasteiger partial charge in [-0.2, -0.15) is 4.98 Å². The van der Waals surface area contributed by atoms with Crippen LogP contribution in [-0.2, 0) is 10.0 Å². The molecular weight excluding hydrogens is 404 g/mol.